The maximum atomic E-state index is 12.4. The smallest absolute Gasteiger partial charge is 0.328 e. The highest BCUT2D eigenvalue weighted by molar-refractivity contribution is 5.97. The van der Waals surface area contributed by atoms with Crippen molar-refractivity contribution in [2.24, 2.45) is 0 Å². The first-order valence-corrected chi connectivity index (χ1v) is 14.9. The van der Waals surface area contributed by atoms with Crippen LogP contribution in [0.3, 0.4) is 0 Å². The Hall–Kier alpha value is -6.25. The average molecular weight is 652 g/mol. The molecule has 0 saturated carbocycles. The molecule has 15 nitrogen and oxygen atoms in total. The lowest BCUT2D eigenvalue weighted by Crippen LogP contribution is -2.39. The molecule has 3 heterocycles. The first-order chi connectivity index (χ1) is 23.1. The van der Waals surface area contributed by atoms with E-state index in [0.717, 1.165) is 11.1 Å². The van der Waals surface area contributed by atoms with Gasteiger partial charge in [-0.05, 0) is 61.4 Å². The SMILES string of the molecule is COC(=O)[C@@H](C)NC(=O)c1ccc(Cn2cc(-c3cccc(-c4cn(Cc5ccc(C(=O)N[C@H](C)C(=O)OC)cc5)nn4)n3)nn2)cc1. The standard InChI is InChI=1S/C33H33N9O6/c1-20(32(45)47-3)34-30(43)24-12-8-22(9-13-24)16-41-18-28(37-39-41)26-6-5-7-27(36-26)29-19-42(40-38-29)17-23-10-14-25(15-11-23)31(44)35-21(2)33(46)48-4/h5-15,18-21H,16-17H2,1-4H3,(H,34,43)(H,35,44)/t20-,21-/m1/s1. The number of nitrogens with zero attached hydrogens (tertiary/aromatic N) is 7. The van der Waals surface area contributed by atoms with E-state index in [4.69, 9.17) is 4.98 Å². The number of benzene rings is 2. The van der Waals surface area contributed by atoms with E-state index in [1.807, 2.05) is 18.2 Å². The van der Waals surface area contributed by atoms with Crippen LogP contribution in [0.2, 0.25) is 0 Å². The van der Waals surface area contributed by atoms with Gasteiger partial charge in [0.15, 0.2) is 0 Å². The molecule has 5 aromatic rings. The molecule has 0 radical (unpaired) electrons. The van der Waals surface area contributed by atoms with E-state index in [-0.39, 0.29) is 11.8 Å². The predicted molar refractivity (Wildman–Crippen MR) is 171 cm³/mol. The number of rotatable bonds is 12. The molecule has 2 aromatic carbocycles. The number of pyridine rings is 1. The van der Waals surface area contributed by atoms with Gasteiger partial charge in [0.25, 0.3) is 11.8 Å². The highest BCUT2D eigenvalue weighted by atomic mass is 16.5. The molecule has 246 valence electrons. The Balaban J connectivity index is 1.19. The van der Waals surface area contributed by atoms with Gasteiger partial charge in [-0.25, -0.2) is 23.9 Å². The van der Waals surface area contributed by atoms with Crippen LogP contribution in [0.5, 0.6) is 0 Å². The zero-order chi connectivity index (χ0) is 34.2. The van der Waals surface area contributed by atoms with Crippen LogP contribution < -0.4 is 10.6 Å². The van der Waals surface area contributed by atoms with Gasteiger partial charge < -0.3 is 20.1 Å². The highest BCUT2D eigenvalue weighted by Crippen LogP contribution is 2.20. The summed E-state index contributed by atoms with van der Waals surface area (Å²) in [6, 6.07) is 17.9. The van der Waals surface area contributed by atoms with E-state index in [0.29, 0.717) is 47.0 Å². The summed E-state index contributed by atoms with van der Waals surface area (Å²) in [6.45, 7) is 3.94. The first kappa shape index (κ1) is 33.1. The third-order valence-corrected chi connectivity index (χ3v) is 7.28. The van der Waals surface area contributed by atoms with Crippen molar-refractivity contribution in [2.75, 3.05) is 14.2 Å². The lowest BCUT2D eigenvalue weighted by atomic mass is 10.1. The van der Waals surface area contributed by atoms with Crippen molar-refractivity contribution in [3.05, 3.63) is 101 Å². The second-order valence-electron chi connectivity index (χ2n) is 10.8. The molecule has 3 aromatic heterocycles. The Bertz CT molecular complexity index is 1780. The Morgan fingerprint density at radius 3 is 1.40 bits per heavy atom. The van der Waals surface area contributed by atoms with Crippen molar-refractivity contribution in [1.82, 2.24) is 45.6 Å². The molecular formula is C33H33N9O6. The van der Waals surface area contributed by atoms with E-state index in [1.165, 1.54) is 14.2 Å². The predicted octanol–water partition coefficient (Wildman–Crippen LogP) is 2.28. The summed E-state index contributed by atoms with van der Waals surface area (Å²) in [5, 5.41) is 22.2. The summed E-state index contributed by atoms with van der Waals surface area (Å²) in [4.78, 5) is 52.7. The van der Waals surface area contributed by atoms with Crippen LogP contribution in [-0.2, 0) is 32.2 Å². The number of amides is 2. The number of carbonyl (C=O) groups excluding carboxylic acids is 4. The number of methoxy groups -OCH3 is 2. The molecule has 0 aliphatic rings. The van der Waals surface area contributed by atoms with Crippen molar-refractivity contribution < 1.29 is 28.7 Å². The van der Waals surface area contributed by atoms with Crippen LogP contribution in [0, 0.1) is 0 Å². The molecule has 2 atom stereocenters. The van der Waals surface area contributed by atoms with E-state index in [9.17, 15) is 19.2 Å². The lowest BCUT2D eigenvalue weighted by Gasteiger charge is -2.11. The fourth-order valence-electron chi connectivity index (χ4n) is 4.63. The minimum Gasteiger partial charge on any atom is -0.467 e. The number of carbonyl (C=O) groups is 4. The van der Waals surface area contributed by atoms with Crippen molar-refractivity contribution in [2.45, 2.75) is 39.0 Å². The van der Waals surface area contributed by atoms with E-state index >= 15 is 0 Å². The molecule has 2 amide bonds. The Kier molecular flexibility index (Phi) is 10.3. The molecule has 0 saturated heterocycles. The molecule has 5 rings (SSSR count). The zero-order valence-corrected chi connectivity index (χ0v) is 26.7. The molecule has 2 N–H and O–H groups in total. The summed E-state index contributed by atoms with van der Waals surface area (Å²) in [5.74, 6) is -1.80. The third-order valence-electron chi connectivity index (χ3n) is 7.28. The van der Waals surface area contributed by atoms with Crippen LogP contribution in [0.4, 0.5) is 0 Å². The maximum absolute atomic E-state index is 12.4. The van der Waals surface area contributed by atoms with Crippen LogP contribution in [0.25, 0.3) is 22.8 Å². The molecule has 0 bridgehead atoms. The fourth-order valence-corrected chi connectivity index (χ4v) is 4.63. The van der Waals surface area contributed by atoms with Crippen molar-refractivity contribution in [3.8, 4) is 22.8 Å². The number of esters is 2. The van der Waals surface area contributed by atoms with Crippen molar-refractivity contribution in [3.63, 3.8) is 0 Å². The number of ether oxygens (including phenoxy) is 2. The number of hydrogen-bond donors (Lipinski definition) is 2. The van der Waals surface area contributed by atoms with Crippen LogP contribution >= 0.6 is 0 Å². The van der Waals surface area contributed by atoms with Gasteiger partial charge in [-0.1, -0.05) is 40.8 Å². The van der Waals surface area contributed by atoms with Crippen molar-refractivity contribution >= 4 is 23.8 Å². The molecule has 0 unspecified atom stereocenters. The summed E-state index contributed by atoms with van der Waals surface area (Å²) in [6.07, 6.45) is 3.56. The number of hydrogen-bond acceptors (Lipinski definition) is 11. The minimum atomic E-state index is -0.757. The average Bonchev–Trinajstić information content (AvgIpc) is 3.78. The van der Waals surface area contributed by atoms with Gasteiger partial charge in [-0.15, -0.1) is 10.2 Å². The van der Waals surface area contributed by atoms with E-state index < -0.39 is 24.0 Å². The topological polar surface area (TPSA) is 185 Å². The van der Waals surface area contributed by atoms with Gasteiger partial charge in [-0.3, -0.25) is 9.59 Å². The van der Waals surface area contributed by atoms with E-state index in [2.05, 4.69) is 40.7 Å². The largest absolute Gasteiger partial charge is 0.467 e. The number of nitrogens with one attached hydrogen (secondary N) is 2. The second kappa shape index (κ2) is 14.9. The molecule has 0 aliphatic heterocycles. The minimum absolute atomic E-state index is 0.377. The fraction of sp³-hybridized carbons (Fsp3) is 0.242. The van der Waals surface area contributed by atoms with Gasteiger partial charge in [0.05, 0.1) is 51.1 Å². The summed E-state index contributed by atoms with van der Waals surface area (Å²) in [5.41, 5.74) is 4.98. The van der Waals surface area contributed by atoms with Gasteiger partial charge in [0.1, 0.15) is 23.5 Å². The van der Waals surface area contributed by atoms with Crippen LogP contribution in [0.1, 0.15) is 45.7 Å². The molecule has 48 heavy (non-hydrogen) atoms. The Labute approximate surface area is 275 Å². The monoisotopic (exact) mass is 651 g/mol. The van der Waals surface area contributed by atoms with E-state index in [1.54, 1.807) is 84.1 Å². The Morgan fingerprint density at radius 2 is 1.02 bits per heavy atom. The quantitative estimate of drug-likeness (QED) is 0.189. The molecule has 15 heteroatoms. The summed E-state index contributed by atoms with van der Waals surface area (Å²) < 4.78 is 12.6. The van der Waals surface area contributed by atoms with Gasteiger partial charge in [-0.2, -0.15) is 0 Å². The van der Waals surface area contributed by atoms with Crippen LogP contribution in [-0.4, -0.2) is 85.0 Å². The normalized spacial score (nSPS) is 12.1. The first-order valence-electron chi connectivity index (χ1n) is 14.9. The van der Waals surface area contributed by atoms with Gasteiger partial charge >= 0.3 is 11.9 Å². The highest BCUT2D eigenvalue weighted by Gasteiger charge is 2.18. The number of aromatic nitrogens is 7. The van der Waals surface area contributed by atoms with Gasteiger partial charge in [0.2, 0.25) is 0 Å². The molecular weight excluding hydrogens is 618 g/mol. The van der Waals surface area contributed by atoms with Crippen LogP contribution in [0.15, 0.2) is 79.1 Å². The summed E-state index contributed by atoms with van der Waals surface area (Å²) >= 11 is 0. The maximum Gasteiger partial charge on any atom is 0.328 e. The summed E-state index contributed by atoms with van der Waals surface area (Å²) in [7, 11) is 2.53. The lowest BCUT2D eigenvalue weighted by molar-refractivity contribution is -0.143. The molecule has 0 aliphatic carbocycles. The second-order valence-corrected chi connectivity index (χ2v) is 10.8. The molecule has 0 fully saturated rings. The van der Waals surface area contributed by atoms with Gasteiger partial charge in [0, 0.05) is 11.1 Å². The molecule has 0 spiro atoms. The third kappa shape index (κ3) is 8.12. The van der Waals surface area contributed by atoms with Crippen molar-refractivity contribution in [1.29, 1.82) is 0 Å². The zero-order valence-electron chi connectivity index (χ0n) is 26.7. The Morgan fingerprint density at radius 1 is 0.625 bits per heavy atom.